The van der Waals surface area contributed by atoms with Crippen molar-refractivity contribution in [3.8, 4) is 5.69 Å². The van der Waals surface area contributed by atoms with E-state index in [0.29, 0.717) is 33.7 Å². The summed E-state index contributed by atoms with van der Waals surface area (Å²) in [4.78, 5) is 35.0. The van der Waals surface area contributed by atoms with Crippen LogP contribution in [-0.2, 0) is 24.3 Å². The lowest BCUT2D eigenvalue weighted by molar-refractivity contribution is -0.117. The number of aryl methyl sites for hydroxylation is 1. The number of carbonyl (C=O) groups is 1. The standard InChI is InChI=1S/C20H21FN4O2S/c1-12-8-13(21)4-5-15(12)25-17(10-24(3)11-26)22-19-18(20(25)27)14-6-7-23(2)9-16(14)28-19/h4-5,8,11H,6-7,9-10H2,1-3H3. The number of likely N-dealkylation sites (N-methyl/N-ethyl adjacent to an activating group) is 1. The largest absolute Gasteiger partial charge is 0.341 e. The molecule has 0 spiro atoms. The summed E-state index contributed by atoms with van der Waals surface area (Å²) in [5.41, 5.74) is 2.14. The first-order valence-electron chi connectivity index (χ1n) is 9.06. The summed E-state index contributed by atoms with van der Waals surface area (Å²) in [6.45, 7) is 3.65. The van der Waals surface area contributed by atoms with Crippen LogP contribution in [0, 0.1) is 12.7 Å². The molecule has 146 valence electrons. The van der Waals surface area contributed by atoms with Gasteiger partial charge < -0.3 is 9.80 Å². The summed E-state index contributed by atoms with van der Waals surface area (Å²) in [6.07, 6.45) is 1.51. The van der Waals surface area contributed by atoms with Crippen LogP contribution in [0.15, 0.2) is 23.0 Å². The zero-order chi connectivity index (χ0) is 20.0. The quantitative estimate of drug-likeness (QED) is 0.632. The zero-order valence-electron chi connectivity index (χ0n) is 16.0. The highest BCUT2D eigenvalue weighted by atomic mass is 32.1. The molecular formula is C20H21FN4O2S. The van der Waals surface area contributed by atoms with Gasteiger partial charge in [0.1, 0.15) is 16.5 Å². The highest BCUT2D eigenvalue weighted by molar-refractivity contribution is 7.18. The number of aromatic nitrogens is 2. The number of carbonyl (C=O) groups excluding carboxylic acids is 1. The number of hydrogen-bond donors (Lipinski definition) is 0. The highest BCUT2D eigenvalue weighted by Gasteiger charge is 2.25. The molecule has 0 unspecified atom stereocenters. The molecule has 6 nitrogen and oxygen atoms in total. The Labute approximate surface area is 165 Å². The Morgan fingerprint density at radius 2 is 2.18 bits per heavy atom. The molecule has 0 fully saturated rings. The smallest absolute Gasteiger partial charge is 0.267 e. The summed E-state index contributed by atoms with van der Waals surface area (Å²) in [7, 11) is 3.70. The van der Waals surface area contributed by atoms with Crippen molar-refractivity contribution in [1.82, 2.24) is 19.4 Å². The maximum absolute atomic E-state index is 13.6. The van der Waals surface area contributed by atoms with Crippen LogP contribution in [-0.4, -0.2) is 46.4 Å². The van der Waals surface area contributed by atoms with Crippen molar-refractivity contribution < 1.29 is 9.18 Å². The second kappa shape index (κ2) is 7.10. The summed E-state index contributed by atoms with van der Waals surface area (Å²) >= 11 is 1.54. The van der Waals surface area contributed by atoms with Gasteiger partial charge in [0.15, 0.2) is 0 Å². The van der Waals surface area contributed by atoms with E-state index < -0.39 is 0 Å². The van der Waals surface area contributed by atoms with E-state index in [0.717, 1.165) is 30.0 Å². The van der Waals surface area contributed by atoms with Crippen molar-refractivity contribution in [2.24, 2.45) is 0 Å². The van der Waals surface area contributed by atoms with Gasteiger partial charge in [0.2, 0.25) is 6.41 Å². The lowest BCUT2D eigenvalue weighted by Crippen LogP contribution is -2.30. The number of nitrogens with zero attached hydrogens (tertiary/aromatic N) is 4. The van der Waals surface area contributed by atoms with Crippen molar-refractivity contribution in [1.29, 1.82) is 0 Å². The zero-order valence-corrected chi connectivity index (χ0v) is 16.8. The molecule has 2 aromatic heterocycles. The lowest BCUT2D eigenvalue weighted by atomic mass is 10.1. The normalized spacial score (nSPS) is 14.3. The molecule has 0 atom stereocenters. The maximum atomic E-state index is 13.6. The molecule has 8 heteroatoms. The van der Waals surface area contributed by atoms with Crippen LogP contribution in [0.1, 0.15) is 21.8 Å². The molecule has 4 rings (SSSR count). The molecule has 1 aromatic carbocycles. The first-order chi connectivity index (χ1) is 13.4. The van der Waals surface area contributed by atoms with Crippen LogP contribution in [0.5, 0.6) is 0 Å². The molecule has 28 heavy (non-hydrogen) atoms. The summed E-state index contributed by atoms with van der Waals surface area (Å²) < 4.78 is 15.2. The Bertz CT molecular complexity index is 1140. The van der Waals surface area contributed by atoms with Crippen LogP contribution < -0.4 is 5.56 Å². The van der Waals surface area contributed by atoms with Gasteiger partial charge in [-0.15, -0.1) is 11.3 Å². The van der Waals surface area contributed by atoms with E-state index in [-0.39, 0.29) is 17.9 Å². The fourth-order valence-electron chi connectivity index (χ4n) is 3.70. The Morgan fingerprint density at radius 1 is 1.39 bits per heavy atom. The highest BCUT2D eigenvalue weighted by Crippen LogP contribution is 2.33. The molecule has 0 saturated carbocycles. The third-order valence-electron chi connectivity index (χ3n) is 5.11. The summed E-state index contributed by atoms with van der Waals surface area (Å²) in [5.74, 6) is 0.111. The topological polar surface area (TPSA) is 58.4 Å². The maximum Gasteiger partial charge on any atom is 0.267 e. The minimum absolute atomic E-state index is 0.156. The Kier molecular flexibility index (Phi) is 4.76. The SMILES string of the molecule is Cc1cc(F)ccc1-n1c(CN(C)C=O)nc2sc3c(c2c1=O)CCN(C)C3. The van der Waals surface area contributed by atoms with Gasteiger partial charge in [0, 0.05) is 25.0 Å². The molecule has 1 amide bonds. The number of benzene rings is 1. The van der Waals surface area contributed by atoms with Gasteiger partial charge in [0.05, 0.1) is 17.6 Å². The van der Waals surface area contributed by atoms with Crippen LogP contribution in [0.25, 0.3) is 15.9 Å². The van der Waals surface area contributed by atoms with Crippen molar-refractivity contribution in [3.05, 3.63) is 56.2 Å². The molecule has 3 aromatic rings. The molecule has 0 bridgehead atoms. The molecule has 0 aliphatic carbocycles. The van der Waals surface area contributed by atoms with Crippen LogP contribution in [0.4, 0.5) is 4.39 Å². The van der Waals surface area contributed by atoms with Crippen molar-refractivity contribution in [2.75, 3.05) is 20.6 Å². The first-order valence-corrected chi connectivity index (χ1v) is 9.87. The number of hydrogen-bond acceptors (Lipinski definition) is 5. The molecule has 1 aliphatic rings. The van der Waals surface area contributed by atoms with E-state index in [9.17, 15) is 14.0 Å². The van der Waals surface area contributed by atoms with Crippen molar-refractivity contribution >= 4 is 28.0 Å². The van der Waals surface area contributed by atoms with Gasteiger partial charge in [-0.2, -0.15) is 0 Å². The average molecular weight is 400 g/mol. The van der Waals surface area contributed by atoms with E-state index in [4.69, 9.17) is 4.98 Å². The Morgan fingerprint density at radius 3 is 2.89 bits per heavy atom. The van der Waals surface area contributed by atoms with E-state index in [2.05, 4.69) is 11.9 Å². The number of amides is 1. The minimum Gasteiger partial charge on any atom is -0.341 e. The van der Waals surface area contributed by atoms with E-state index in [1.165, 1.54) is 21.6 Å². The van der Waals surface area contributed by atoms with Gasteiger partial charge in [-0.1, -0.05) is 0 Å². The van der Waals surface area contributed by atoms with Gasteiger partial charge in [-0.05, 0) is 49.7 Å². The first kappa shape index (κ1) is 18.8. The van der Waals surface area contributed by atoms with Gasteiger partial charge in [-0.25, -0.2) is 9.37 Å². The molecule has 1 aliphatic heterocycles. The van der Waals surface area contributed by atoms with Gasteiger partial charge in [-0.3, -0.25) is 14.2 Å². The van der Waals surface area contributed by atoms with E-state index >= 15 is 0 Å². The van der Waals surface area contributed by atoms with E-state index in [1.807, 2.05) is 0 Å². The summed E-state index contributed by atoms with van der Waals surface area (Å²) in [6, 6.07) is 4.33. The molecule has 0 N–H and O–H groups in total. The van der Waals surface area contributed by atoms with Crippen LogP contribution in [0.2, 0.25) is 0 Å². The Balaban J connectivity index is 2.02. The molecule has 0 saturated heterocycles. The van der Waals surface area contributed by atoms with Crippen LogP contribution >= 0.6 is 11.3 Å². The van der Waals surface area contributed by atoms with Crippen LogP contribution in [0.3, 0.4) is 0 Å². The molecule has 3 heterocycles. The third kappa shape index (κ3) is 3.12. The summed E-state index contributed by atoms with van der Waals surface area (Å²) in [5, 5.41) is 0.648. The van der Waals surface area contributed by atoms with Crippen molar-refractivity contribution in [2.45, 2.75) is 26.4 Å². The monoisotopic (exact) mass is 400 g/mol. The number of fused-ring (bicyclic) bond motifs is 3. The van der Waals surface area contributed by atoms with Crippen molar-refractivity contribution in [3.63, 3.8) is 0 Å². The minimum atomic E-state index is -0.356. The number of halogens is 1. The average Bonchev–Trinajstić information content (AvgIpc) is 3.00. The molecular weight excluding hydrogens is 379 g/mol. The predicted molar refractivity (Wildman–Crippen MR) is 107 cm³/mol. The predicted octanol–water partition coefficient (Wildman–Crippen LogP) is 2.47. The lowest BCUT2D eigenvalue weighted by Gasteiger charge is -2.22. The van der Waals surface area contributed by atoms with E-state index in [1.54, 1.807) is 31.4 Å². The fraction of sp³-hybridized carbons (Fsp3) is 0.350. The number of rotatable bonds is 4. The molecule has 0 radical (unpaired) electrons. The second-order valence-corrected chi connectivity index (χ2v) is 8.38. The van der Waals surface area contributed by atoms with Gasteiger partial charge in [0.25, 0.3) is 5.56 Å². The third-order valence-corrected chi connectivity index (χ3v) is 6.22. The fourth-order valence-corrected chi connectivity index (χ4v) is 5.01. The number of thiophene rings is 1. The van der Waals surface area contributed by atoms with Gasteiger partial charge >= 0.3 is 0 Å². The Hall–Kier alpha value is -2.58. The second-order valence-electron chi connectivity index (χ2n) is 7.29.